The predicted octanol–water partition coefficient (Wildman–Crippen LogP) is -1.56. The van der Waals surface area contributed by atoms with E-state index in [-0.39, 0.29) is 6.54 Å². The third-order valence-corrected chi connectivity index (χ3v) is 1.56. The summed E-state index contributed by atoms with van der Waals surface area (Å²) < 4.78 is 0. The highest BCUT2D eigenvalue weighted by Crippen LogP contribution is 1.92. The van der Waals surface area contributed by atoms with Gasteiger partial charge in [0.05, 0.1) is 0 Å². The Labute approximate surface area is 77.9 Å². The molecular weight excluding hydrogens is 172 g/mol. The third kappa shape index (κ3) is 5.57. The van der Waals surface area contributed by atoms with Gasteiger partial charge in [0, 0.05) is 6.54 Å². The first-order valence-electron chi connectivity index (χ1n) is 4.31. The van der Waals surface area contributed by atoms with Crippen LogP contribution in [0.2, 0.25) is 0 Å². The quantitative estimate of drug-likeness (QED) is 0.407. The van der Waals surface area contributed by atoms with Crippen molar-refractivity contribution >= 4 is 5.91 Å². The molecule has 0 saturated heterocycles. The molecule has 0 aromatic carbocycles. The molecule has 0 bridgehead atoms. The summed E-state index contributed by atoms with van der Waals surface area (Å²) in [5.74, 6) is -0.447. The van der Waals surface area contributed by atoms with Crippen LogP contribution in [0, 0.1) is 5.92 Å². The Kier molecular flexibility index (Phi) is 5.61. The summed E-state index contributed by atoms with van der Waals surface area (Å²) in [7, 11) is 0. The van der Waals surface area contributed by atoms with E-state index in [0.717, 1.165) is 6.54 Å². The van der Waals surface area contributed by atoms with E-state index in [1.165, 1.54) is 0 Å². The fraction of sp³-hybridized carbons (Fsp3) is 0.875. The van der Waals surface area contributed by atoms with Crippen LogP contribution in [0.4, 0.5) is 0 Å². The van der Waals surface area contributed by atoms with Gasteiger partial charge in [-0.25, -0.2) is 0 Å². The molecule has 0 saturated carbocycles. The van der Waals surface area contributed by atoms with Crippen molar-refractivity contribution < 1.29 is 15.0 Å². The van der Waals surface area contributed by atoms with Gasteiger partial charge in [-0.3, -0.25) is 4.79 Å². The average Bonchev–Trinajstić information content (AvgIpc) is 2.02. The lowest BCUT2D eigenvalue weighted by atomic mass is 10.2. The van der Waals surface area contributed by atoms with Crippen LogP contribution in [0.15, 0.2) is 0 Å². The van der Waals surface area contributed by atoms with E-state index in [2.05, 4.69) is 5.32 Å². The first kappa shape index (κ1) is 12.3. The fourth-order valence-electron chi connectivity index (χ4n) is 0.821. The number of hydrogen-bond acceptors (Lipinski definition) is 4. The molecule has 5 N–H and O–H groups in total. The van der Waals surface area contributed by atoms with E-state index in [1.807, 2.05) is 13.8 Å². The van der Waals surface area contributed by atoms with Crippen LogP contribution in [-0.4, -0.2) is 41.4 Å². The Balaban J connectivity index is 3.61. The number of aliphatic hydroxyl groups is 2. The highest BCUT2D eigenvalue weighted by molar-refractivity contribution is 5.79. The number of aliphatic hydroxyl groups excluding tert-OH is 2. The minimum atomic E-state index is -1.49. The lowest BCUT2D eigenvalue weighted by Crippen LogP contribution is -2.44. The van der Waals surface area contributed by atoms with E-state index in [1.54, 1.807) is 0 Å². The van der Waals surface area contributed by atoms with Crippen LogP contribution in [0.25, 0.3) is 0 Å². The van der Waals surface area contributed by atoms with Crippen molar-refractivity contribution in [2.75, 3.05) is 13.1 Å². The highest BCUT2D eigenvalue weighted by Gasteiger charge is 2.20. The molecule has 0 aliphatic rings. The Morgan fingerprint density at radius 1 is 1.38 bits per heavy atom. The van der Waals surface area contributed by atoms with Crippen LogP contribution < -0.4 is 11.1 Å². The van der Waals surface area contributed by atoms with Crippen LogP contribution in [0.3, 0.4) is 0 Å². The molecule has 0 radical (unpaired) electrons. The second kappa shape index (κ2) is 5.90. The zero-order chi connectivity index (χ0) is 10.4. The molecular formula is C8H18N2O3. The smallest absolute Gasteiger partial charge is 0.249 e. The maximum absolute atomic E-state index is 10.4. The normalized spacial score (nSPS) is 15.8. The van der Waals surface area contributed by atoms with Gasteiger partial charge in [0.25, 0.3) is 0 Å². The SMILES string of the molecule is CC(C)CNCC(O)C(O)C(N)=O. The number of carbonyl (C=O) groups is 1. The molecule has 0 fully saturated rings. The van der Waals surface area contributed by atoms with Crippen molar-refractivity contribution in [1.29, 1.82) is 0 Å². The minimum Gasteiger partial charge on any atom is -0.389 e. The maximum atomic E-state index is 10.4. The molecule has 0 aromatic rings. The molecule has 2 atom stereocenters. The van der Waals surface area contributed by atoms with Crippen molar-refractivity contribution in [1.82, 2.24) is 5.32 Å². The number of amides is 1. The number of hydrogen-bond donors (Lipinski definition) is 4. The van der Waals surface area contributed by atoms with E-state index in [9.17, 15) is 9.90 Å². The van der Waals surface area contributed by atoms with Crippen LogP contribution in [0.5, 0.6) is 0 Å². The van der Waals surface area contributed by atoms with Gasteiger partial charge in [-0.1, -0.05) is 13.8 Å². The van der Waals surface area contributed by atoms with Gasteiger partial charge in [-0.05, 0) is 12.5 Å². The van der Waals surface area contributed by atoms with Gasteiger partial charge in [-0.15, -0.1) is 0 Å². The number of nitrogens with one attached hydrogen (secondary N) is 1. The standard InChI is InChI=1S/C8H18N2O3/c1-5(2)3-10-4-6(11)7(12)8(9)13/h5-7,10-12H,3-4H2,1-2H3,(H2,9,13). The number of rotatable bonds is 6. The Hall–Kier alpha value is -0.650. The summed E-state index contributed by atoms with van der Waals surface area (Å²) in [6.07, 6.45) is -2.61. The monoisotopic (exact) mass is 190 g/mol. The Bertz CT molecular complexity index is 161. The van der Waals surface area contributed by atoms with Crippen molar-refractivity contribution in [3.8, 4) is 0 Å². The molecule has 0 heterocycles. The zero-order valence-electron chi connectivity index (χ0n) is 8.03. The second-order valence-corrected chi connectivity index (χ2v) is 3.47. The first-order valence-corrected chi connectivity index (χ1v) is 4.31. The molecule has 1 amide bonds. The fourth-order valence-corrected chi connectivity index (χ4v) is 0.821. The van der Waals surface area contributed by atoms with E-state index in [0.29, 0.717) is 5.92 Å². The number of nitrogens with two attached hydrogens (primary N) is 1. The van der Waals surface area contributed by atoms with Crippen LogP contribution in [-0.2, 0) is 4.79 Å². The zero-order valence-corrected chi connectivity index (χ0v) is 8.03. The molecule has 0 aromatic heterocycles. The van der Waals surface area contributed by atoms with Gasteiger partial charge in [-0.2, -0.15) is 0 Å². The Morgan fingerprint density at radius 2 is 1.92 bits per heavy atom. The van der Waals surface area contributed by atoms with Crippen molar-refractivity contribution in [2.24, 2.45) is 11.7 Å². The molecule has 5 nitrogen and oxygen atoms in total. The lowest BCUT2D eigenvalue weighted by Gasteiger charge is -2.16. The highest BCUT2D eigenvalue weighted by atomic mass is 16.3. The summed E-state index contributed by atoms with van der Waals surface area (Å²) in [6.45, 7) is 4.93. The molecule has 0 aliphatic carbocycles. The predicted molar refractivity (Wildman–Crippen MR) is 48.9 cm³/mol. The second-order valence-electron chi connectivity index (χ2n) is 3.47. The minimum absolute atomic E-state index is 0.169. The van der Waals surface area contributed by atoms with E-state index >= 15 is 0 Å². The number of carbonyl (C=O) groups excluding carboxylic acids is 1. The van der Waals surface area contributed by atoms with E-state index in [4.69, 9.17) is 10.8 Å². The van der Waals surface area contributed by atoms with Crippen molar-refractivity contribution in [3.05, 3.63) is 0 Å². The van der Waals surface area contributed by atoms with Gasteiger partial charge in [0.1, 0.15) is 6.10 Å². The molecule has 0 aliphatic heterocycles. The number of primary amides is 1. The molecule has 0 spiro atoms. The Morgan fingerprint density at radius 3 is 2.31 bits per heavy atom. The maximum Gasteiger partial charge on any atom is 0.249 e. The first-order chi connectivity index (χ1) is 5.95. The van der Waals surface area contributed by atoms with Gasteiger partial charge >= 0.3 is 0 Å². The summed E-state index contributed by atoms with van der Waals surface area (Å²) >= 11 is 0. The van der Waals surface area contributed by atoms with Crippen LogP contribution in [0.1, 0.15) is 13.8 Å². The molecule has 2 unspecified atom stereocenters. The third-order valence-electron chi connectivity index (χ3n) is 1.56. The van der Waals surface area contributed by atoms with Gasteiger partial charge in [0.2, 0.25) is 5.91 Å². The van der Waals surface area contributed by atoms with Gasteiger partial charge in [0.15, 0.2) is 6.10 Å². The van der Waals surface area contributed by atoms with Crippen molar-refractivity contribution in [2.45, 2.75) is 26.1 Å². The molecule has 5 heteroatoms. The van der Waals surface area contributed by atoms with Gasteiger partial charge < -0.3 is 21.3 Å². The largest absolute Gasteiger partial charge is 0.389 e. The lowest BCUT2D eigenvalue weighted by molar-refractivity contribution is -0.131. The molecule has 13 heavy (non-hydrogen) atoms. The molecule has 78 valence electrons. The summed E-state index contributed by atoms with van der Waals surface area (Å²) in [5.41, 5.74) is 4.79. The average molecular weight is 190 g/mol. The molecule has 0 rings (SSSR count). The summed E-state index contributed by atoms with van der Waals surface area (Å²) in [4.78, 5) is 10.4. The topological polar surface area (TPSA) is 95.6 Å². The van der Waals surface area contributed by atoms with Crippen molar-refractivity contribution in [3.63, 3.8) is 0 Å². The van der Waals surface area contributed by atoms with Crippen LogP contribution >= 0.6 is 0 Å². The van der Waals surface area contributed by atoms with E-state index < -0.39 is 18.1 Å². The summed E-state index contributed by atoms with van der Waals surface area (Å²) in [5, 5.41) is 21.1. The summed E-state index contributed by atoms with van der Waals surface area (Å²) in [6, 6.07) is 0.